The van der Waals surface area contributed by atoms with Gasteiger partial charge in [-0.15, -0.1) is 4.40 Å². The van der Waals surface area contributed by atoms with Crippen LogP contribution in [0.5, 0.6) is 0 Å². The Hall–Kier alpha value is -4.31. The molecule has 3 aromatic carbocycles. The molecule has 38 heavy (non-hydrogen) atoms. The van der Waals surface area contributed by atoms with E-state index in [-0.39, 0.29) is 28.7 Å². The second-order valence-electron chi connectivity index (χ2n) is 8.38. The normalized spacial score (nSPS) is 13.3. The highest BCUT2D eigenvalue weighted by Crippen LogP contribution is 2.41. The van der Waals surface area contributed by atoms with Gasteiger partial charge in [-0.3, -0.25) is 10.1 Å². The molecule has 0 saturated heterocycles. The highest BCUT2D eigenvalue weighted by atomic mass is 32.2. The number of sulfonamides is 1. The zero-order chi connectivity index (χ0) is 27.9. The van der Waals surface area contributed by atoms with Crippen molar-refractivity contribution in [1.82, 2.24) is 0 Å². The molecule has 10 heteroatoms. The number of aryl methyl sites for hydroxylation is 1. The lowest BCUT2D eigenvalue weighted by atomic mass is 9.77. The van der Waals surface area contributed by atoms with Crippen LogP contribution < -0.4 is 0 Å². The van der Waals surface area contributed by atoms with Crippen LogP contribution in [-0.2, 0) is 24.3 Å². The second kappa shape index (κ2) is 12.3. The Balaban J connectivity index is 2.26. The highest BCUT2D eigenvalue weighted by molar-refractivity contribution is 7.90. The Morgan fingerprint density at radius 2 is 1.55 bits per heavy atom. The number of rotatable bonds is 10. The summed E-state index contributed by atoms with van der Waals surface area (Å²) in [6.45, 7) is 7.54. The molecular weight excluding hydrogens is 508 g/mol. The molecule has 0 amide bonds. The third-order valence-electron chi connectivity index (χ3n) is 5.87. The first-order chi connectivity index (χ1) is 18.1. The lowest BCUT2D eigenvalue weighted by Crippen LogP contribution is -2.27. The van der Waals surface area contributed by atoms with E-state index in [0.29, 0.717) is 11.1 Å². The number of nitro benzene ring substituents is 1. The van der Waals surface area contributed by atoms with Crippen LogP contribution in [0.1, 0.15) is 35.4 Å². The topological polar surface area (TPSA) is 125 Å². The van der Waals surface area contributed by atoms with Gasteiger partial charge in [0, 0.05) is 23.6 Å². The molecule has 2 unspecified atom stereocenters. The molecule has 0 aliphatic carbocycles. The Morgan fingerprint density at radius 1 is 0.974 bits per heavy atom. The smallest absolute Gasteiger partial charge is 0.334 e. The minimum absolute atomic E-state index is 0.00652. The molecule has 0 spiro atoms. The number of hydrogen-bond acceptors (Lipinski definition) is 7. The molecule has 0 bridgehead atoms. The lowest BCUT2D eigenvalue weighted by molar-refractivity contribution is -0.384. The SMILES string of the molecule is C=C(C(=O)OCC)C(c1ccc([N+](=O)[O-])cc1)C(/C(=N/S(=O)(=O)c1ccc(C)cc1)OC)c1ccccc1. The monoisotopic (exact) mass is 536 g/mol. The van der Waals surface area contributed by atoms with Gasteiger partial charge in [-0.25, -0.2) is 4.79 Å². The summed E-state index contributed by atoms with van der Waals surface area (Å²) >= 11 is 0. The molecule has 0 aliphatic rings. The molecule has 0 aromatic heterocycles. The molecule has 0 saturated carbocycles. The van der Waals surface area contributed by atoms with Crippen LogP contribution in [0.15, 0.2) is 100 Å². The first-order valence-corrected chi connectivity index (χ1v) is 13.1. The van der Waals surface area contributed by atoms with E-state index in [0.717, 1.165) is 5.56 Å². The van der Waals surface area contributed by atoms with Crippen LogP contribution in [-0.4, -0.2) is 38.9 Å². The number of methoxy groups -OCH3 is 1. The van der Waals surface area contributed by atoms with E-state index in [1.54, 1.807) is 49.4 Å². The number of nitro groups is 1. The van der Waals surface area contributed by atoms with E-state index in [1.165, 1.54) is 43.5 Å². The highest BCUT2D eigenvalue weighted by Gasteiger charge is 2.37. The van der Waals surface area contributed by atoms with Crippen molar-refractivity contribution in [2.24, 2.45) is 4.40 Å². The van der Waals surface area contributed by atoms with Crippen LogP contribution in [0.25, 0.3) is 0 Å². The molecule has 0 radical (unpaired) electrons. The summed E-state index contributed by atoms with van der Waals surface area (Å²) < 4.78 is 41.4. The second-order valence-corrected chi connectivity index (χ2v) is 9.99. The van der Waals surface area contributed by atoms with Crippen molar-refractivity contribution in [2.45, 2.75) is 30.6 Å². The van der Waals surface area contributed by atoms with Crippen LogP contribution in [0.3, 0.4) is 0 Å². The summed E-state index contributed by atoms with van der Waals surface area (Å²) in [5.74, 6) is -2.76. The molecule has 0 N–H and O–H groups in total. The van der Waals surface area contributed by atoms with Crippen molar-refractivity contribution in [2.75, 3.05) is 13.7 Å². The molecule has 0 fully saturated rings. The molecular formula is C28H28N2O7S. The van der Waals surface area contributed by atoms with Crippen LogP contribution >= 0.6 is 0 Å². The first kappa shape index (κ1) is 28.3. The van der Waals surface area contributed by atoms with Gasteiger partial charge in [0.15, 0.2) is 0 Å². The lowest BCUT2D eigenvalue weighted by Gasteiger charge is -2.29. The maximum absolute atomic E-state index is 13.3. The molecule has 3 rings (SSSR count). The van der Waals surface area contributed by atoms with Crippen molar-refractivity contribution in [3.05, 3.63) is 118 Å². The number of benzene rings is 3. The van der Waals surface area contributed by atoms with Gasteiger partial charge in [-0.2, -0.15) is 8.42 Å². The van der Waals surface area contributed by atoms with E-state index in [1.807, 2.05) is 6.92 Å². The van der Waals surface area contributed by atoms with E-state index in [2.05, 4.69) is 11.0 Å². The van der Waals surface area contributed by atoms with Gasteiger partial charge in [-0.1, -0.05) is 66.7 Å². The van der Waals surface area contributed by atoms with Gasteiger partial charge >= 0.3 is 5.97 Å². The van der Waals surface area contributed by atoms with E-state index < -0.39 is 32.8 Å². The summed E-state index contributed by atoms with van der Waals surface area (Å²) in [5.41, 5.74) is 1.78. The van der Waals surface area contributed by atoms with Gasteiger partial charge in [0.25, 0.3) is 15.7 Å². The Bertz CT molecular complexity index is 1430. The van der Waals surface area contributed by atoms with Gasteiger partial charge in [0.2, 0.25) is 5.90 Å². The van der Waals surface area contributed by atoms with E-state index >= 15 is 0 Å². The summed E-state index contributed by atoms with van der Waals surface area (Å²) in [4.78, 5) is 23.6. The van der Waals surface area contributed by atoms with E-state index in [4.69, 9.17) is 9.47 Å². The van der Waals surface area contributed by atoms with Gasteiger partial charge in [0.1, 0.15) is 0 Å². The van der Waals surface area contributed by atoms with Gasteiger partial charge in [0.05, 0.1) is 29.5 Å². The number of esters is 1. The van der Waals surface area contributed by atoms with Crippen molar-refractivity contribution >= 4 is 27.6 Å². The molecule has 198 valence electrons. The predicted molar refractivity (Wildman–Crippen MR) is 144 cm³/mol. The Labute approximate surface area is 221 Å². The zero-order valence-corrected chi connectivity index (χ0v) is 22.1. The Morgan fingerprint density at radius 3 is 2.08 bits per heavy atom. The summed E-state index contributed by atoms with van der Waals surface area (Å²) in [5, 5.41) is 11.2. The number of non-ortho nitro benzene ring substituents is 1. The summed E-state index contributed by atoms with van der Waals surface area (Å²) in [7, 11) is -2.91. The van der Waals surface area contributed by atoms with Crippen molar-refractivity contribution in [3.8, 4) is 0 Å². The van der Waals surface area contributed by atoms with Crippen molar-refractivity contribution in [3.63, 3.8) is 0 Å². The van der Waals surface area contributed by atoms with Crippen LogP contribution in [0.4, 0.5) is 5.69 Å². The maximum atomic E-state index is 13.3. The van der Waals surface area contributed by atoms with Crippen molar-refractivity contribution < 1.29 is 27.6 Å². The fraction of sp³-hybridized carbons (Fsp3) is 0.214. The number of nitrogens with zero attached hydrogens (tertiary/aromatic N) is 2. The third kappa shape index (κ3) is 6.51. The first-order valence-electron chi connectivity index (χ1n) is 11.7. The third-order valence-corrected chi connectivity index (χ3v) is 7.16. The summed E-state index contributed by atoms with van der Waals surface area (Å²) in [6, 6.07) is 20.6. The number of ether oxygens (including phenoxy) is 2. The van der Waals surface area contributed by atoms with E-state index in [9.17, 15) is 23.3 Å². The maximum Gasteiger partial charge on any atom is 0.334 e. The minimum atomic E-state index is -4.20. The van der Waals surface area contributed by atoms with Crippen LogP contribution in [0.2, 0.25) is 0 Å². The minimum Gasteiger partial charge on any atom is -0.483 e. The number of hydrogen-bond donors (Lipinski definition) is 0. The fourth-order valence-electron chi connectivity index (χ4n) is 3.99. The predicted octanol–water partition coefficient (Wildman–Crippen LogP) is 5.32. The largest absolute Gasteiger partial charge is 0.483 e. The van der Waals surface area contributed by atoms with Crippen LogP contribution in [0, 0.1) is 17.0 Å². The number of carbonyl (C=O) groups excluding carboxylic acids is 1. The Kier molecular flexibility index (Phi) is 9.14. The van der Waals surface area contributed by atoms with Gasteiger partial charge < -0.3 is 9.47 Å². The molecule has 0 aliphatic heterocycles. The molecule has 9 nitrogen and oxygen atoms in total. The average molecular weight is 537 g/mol. The quantitative estimate of drug-likeness (QED) is 0.0857. The molecule has 3 aromatic rings. The fourth-order valence-corrected chi connectivity index (χ4v) is 5.00. The number of carbonyl (C=O) groups is 1. The van der Waals surface area contributed by atoms with Gasteiger partial charge in [-0.05, 0) is 37.1 Å². The standard InChI is InChI=1S/C28H28N2O7S/c1-5-37-28(31)20(3)25(22-13-15-23(16-14-22)30(32)33)26(21-9-7-6-8-10-21)27(36-4)29-38(34,35)24-17-11-19(2)12-18-24/h6-18,25-26H,3,5H2,1-2,4H3/b29-27-. The zero-order valence-electron chi connectivity index (χ0n) is 21.2. The average Bonchev–Trinajstić information content (AvgIpc) is 2.91. The summed E-state index contributed by atoms with van der Waals surface area (Å²) in [6.07, 6.45) is 0. The molecule has 0 heterocycles. The van der Waals surface area contributed by atoms with Crippen molar-refractivity contribution in [1.29, 1.82) is 0 Å². The molecule has 2 atom stereocenters.